The maximum atomic E-state index is 12.4. The van der Waals surface area contributed by atoms with Crippen LogP contribution >= 0.6 is 0 Å². The number of hydrogen-bond donors (Lipinski definition) is 0. The van der Waals surface area contributed by atoms with E-state index in [9.17, 15) is 26.3 Å². The van der Waals surface area contributed by atoms with Crippen LogP contribution in [0.4, 0.5) is 26.3 Å². The van der Waals surface area contributed by atoms with E-state index in [4.69, 9.17) is 0 Å². The summed E-state index contributed by atoms with van der Waals surface area (Å²) in [5.41, 5.74) is -5.15. The van der Waals surface area contributed by atoms with Crippen molar-refractivity contribution in [3.8, 4) is 0 Å². The molecule has 1 aliphatic rings. The van der Waals surface area contributed by atoms with Gasteiger partial charge in [-0.1, -0.05) is 13.8 Å². The molecule has 0 spiro atoms. The molecule has 0 bridgehead atoms. The summed E-state index contributed by atoms with van der Waals surface area (Å²) in [6.07, 6.45) is -10.9. The topological polar surface area (TPSA) is 0 Å². The Hall–Kier alpha value is -0.420. The molecule has 2 atom stereocenters. The lowest BCUT2D eigenvalue weighted by Crippen LogP contribution is -2.36. The summed E-state index contributed by atoms with van der Waals surface area (Å²) in [6, 6.07) is 0. The molecule has 0 radical (unpaired) electrons. The molecule has 0 aromatic heterocycles. The Labute approximate surface area is 77.3 Å². The van der Waals surface area contributed by atoms with Crippen molar-refractivity contribution in [1.29, 1.82) is 0 Å². The van der Waals surface area contributed by atoms with Crippen LogP contribution < -0.4 is 0 Å². The predicted octanol–water partition coefficient (Wildman–Crippen LogP) is 3.92. The van der Waals surface area contributed by atoms with E-state index in [2.05, 4.69) is 0 Å². The first-order valence-corrected chi connectivity index (χ1v) is 4.15. The van der Waals surface area contributed by atoms with Crippen LogP contribution in [0.15, 0.2) is 0 Å². The Bertz CT molecular complexity index is 239. The van der Waals surface area contributed by atoms with Crippen LogP contribution in [0.25, 0.3) is 0 Å². The molecule has 0 aromatic rings. The summed E-state index contributed by atoms with van der Waals surface area (Å²) in [6.45, 7) is 1.79. The lowest BCUT2D eigenvalue weighted by molar-refractivity contribution is -0.250. The third kappa shape index (κ3) is 1.15. The van der Waals surface area contributed by atoms with Gasteiger partial charge < -0.3 is 0 Å². The van der Waals surface area contributed by atoms with Gasteiger partial charge in [0, 0.05) is 0 Å². The van der Waals surface area contributed by atoms with E-state index in [1.165, 1.54) is 0 Å². The minimum Gasteiger partial charge on any atom is -0.170 e. The lowest BCUT2D eigenvalue weighted by atomic mass is 9.90. The molecule has 1 rings (SSSR count). The van der Waals surface area contributed by atoms with Crippen molar-refractivity contribution >= 4 is 0 Å². The van der Waals surface area contributed by atoms with Gasteiger partial charge in [-0.25, -0.2) is 0 Å². The summed E-state index contributed by atoms with van der Waals surface area (Å²) in [4.78, 5) is 0. The van der Waals surface area contributed by atoms with E-state index in [1.807, 2.05) is 0 Å². The summed E-state index contributed by atoms with van der Waals surface area (Å²) in [5.74, 6) is 0. The van der Waals surface area contributed by atoms with Gasteiger partial charge in [-0.2, -0.15) is 26.3 Å². The van der Waals surface area contributed by atoms with Gasteiger partial charge in [0.15, 0.2) is 0 Å². The maximum Gasteiger partial charge on any atom is 0.395 e. The van der Waals surface area contributed by atoms with Crippen LogP contribution in [0.3, 0.4) is 0 Å². The summed E-state index contributed by atoms with van der Waals surface area (Å²) >= 11 is 0. The fourth-order valence-electron chi connectivity index (χ4n) is 2.06. The number of hydrogen-bond acceptors (Lipinski definition) is 0. The molecule has 84 valence electrons. The third-order valence-electron chi connectivity index (χ3n) is 3.36. The highest BCUT2D eigenvalue weighted by Crippen LogP contribution is 2.77. The van der Waals surface area contributed by atoms with Crippen LogP contribution in [-0.4, -0.2) is 12.4 Å². The highest BCUT2D eigenvalue weighted by Gasteiger charge is 2.85. The highest BCUT2D eigenvalue weighted by atomic mass is 19.4. The van der Waals surface area contributed by atoms with Gasteiger partial charge in [0.05, 0.1) is 10.8 Å². The Morgan fingerprint density at radius 1 is 1.00 bits per heavy atom. The molecule has 0 saturated heterocycles. The Morgan fingerprint density at radius 2 is 1.43 bits per heavy atom. The van der Waals surface area contributed by atoms with Crippen molar-refractivity contribution in [2.75, 3.05) is 0 Å². The van der Waals surface area contributed by atoms with Gasteiger partial charge in [0.1, 0.15) is 0 Å². The summed E-state index contributed by atoms with van der Waals surface area (Å²) in [7, 11) is 0. The molecule has 0 amide bonds. The molecule has 0 N–H and O–H groups in total. The SMILES string of the molecule is CCC1(C(F)(F)F)CC1(C)C(F)(F)F. The predicted molar refractivity (Wildman–Crippen MR) is 37.6 cm³/mol. The van der Waals surface area contributed by atoms with Gasteiger partial charge in [-0.3, -0.25) is 0 Å². The zero-order chi connectivity index (χ0) is 11.4. The Morgan fingerprint density at radius 3 is 1.50 bits per heavy atom. The molecular weight excluding hydrogens is 210 g/mol. The lowest BCUT2D eigenvalue weighted by Gasteiger charge is -2.26. The normalized spacial score (nSPS) is 38.6. The second-order valence-electron chi connectivity index (χ2n) is 3.94. The number of rotatable bonds is 1. The fraction of sp³-hybridized carbons (Fsp3) is 1.00. The summed E-state index contributed by atoms with van der Waals surface area (Å²) < 4.78 is 74.3. The molecule has 1 aliphatic carbocycles. The molecule has 1 fully saturated rings. The van der Waals surface area contributed by atoms with E-state index in [-0.39, 0.29) is 0 Å². The first-order valence-electron chi connectivity index (χ1n) is 4.15. The second-order valence-corrected chi connectivity index (χ2v) is 3.94. The maximum absolute atomic E-state index is 12.4. The van der Waals surface area contributed by atoms with Gasteiger partial charge in [-0.05, 0) is 12.8 Å². The Kier molecular flexibility index (Phi) is 2.15. The molecule has 0 nitrogen and oxygen atoms in total. The van der Waals surface area contributed by atoms with Gasteiger partial charge in [-0.15, -0.1) is 0 Å². The van der Waals surface area contributed by atoms with Crippen LogP contribution in [0.2, 0.25) is 0 Å². The smallest absolute Gasteiger partial charge is 0.170 e. The van der Waals surface area contributed by atoms with E-state index >= 15 is 0 Å². The van der Waals surface area contributed by atoms with Crippen molar-refractivity contribution < 1.29 is 26.3 Å². The second kappa shape index (κ2) is 2.58. The number of halogens is 6. The molecule has 0 aliphatic heterocycles. The average Bonchev–Trinajstić information content (AvgIpc) is 2.56. The van der Waals surface area contributed by atoms with E-state index in [0.717, 1.165) is 6.92 Å². The fourth-order valence-corrected chi connectivity index (χ4v) is 2.06. The zero-order valence-electron chi connectivity index (χ0n) is 7.68. The molecular formula is C8H10F6. The molecule has 14 heavy (non-hydrogen) atoms. The quantitative estimate of drug-likeness (QED) is 0.587. The monoisotopic (exact) mass is 220 g/mol. The molecule has 0 heterocycles. The highest BCUT2D eigenvalue weighted by molar-refractivity contribution is 5.18. The molecule has 6 heteroatoms. The van der Waals surface area contributed by atoms with E-state index in [1.54, 1.807) is 0 Å². The largest absolute Gasteiger partial charge is 0.395 e. The van der Waals surface area contributed by atoms with Crippen molar-refractivity contribution in [3.63, 3.8) is 0 Å². The first kappa shape index (κ1) is 11.7. The van der Waals surface area contributed by atoms with Crippen molar-refractivity contribution in [2.45, 2.75) is 39.0 Å². The Balaban J connectivity index is 3.03. The van der Waals surface area contributed by atoms with Crippen LogP contribution in [0.5, 0.6) is 0 Å². The summed E-state index contributed by atoms with van der Waals surface area (Å²) in [5, 5.41) is 0. The van der Waals surface area contributed by atoms with Gasteiger partial charge in [0.25, 0.3) is 0 Å². The van der Waals surface area contributed by atoms with Crippen molar-refractivity contribution in [2.24, 2.45) is 10.8 Å². The van der Waals surface area contributed by atoms with E-state index in [0.29, 0.717) is 6.92 Å². The molecule has 2 unspecified atom stereocenters. The van der Waals surface area contributed by atoms with Crippen LogP contribution in [-0.2, 0) is 0 Å². The van der Waals surface area contributed by atoms with Crippen LogP contribution in [0.1, 0.15) is 26.7 Å². The average molecular weight is 220 g/mol. The first-order chi connectivity index (χ1) is 6.02. The third-order valence-corrected chi connectivity index (χ3v) is 3.36. The van der Waals surface area contributed by atoms with Gasteiger partial charge >= 0.3 is 12.4 Å². The minimum absolute atomic E-state index is 0.521. The van der Waals surface area contributed by atoms with Crippen LogP contribution in [0, 0.1) is 10.8 Å². The molecule has 1 saturated carbocycles. The zero-order valence-corrected chi connectivity index (χ0v) is 7.68. The number of alkyl halides is 6. The van der Waals surface area contributed by atoms with Crippen molar-refractivity contribution in [1.82, 2.24) is 0 Å². The molecule has 0 aromatic carbocycles. The van der Waals surface area contributed by atoms with Gasteiger partial charge in [0.2, 0.25) is 0 Å². The standard InChI is InChI=1S/C8H10F6/c1-3-6(8(12,13)14)4-5(6,2)7(9,10)11/h3-4H2,1-2H3. The minimum atomic E-state index is -4.78. The van der Waals surface area contributed by atoms with Crippen molar-refractivity contribution in [3.05, 3.63) is 0 Å². The van der Waals surface area contributed by atoms with E-state index < -0.39 is 36.0 Å².